The maximum absolute atomic E-state index is 13.1. The van der Waals surface area contributed by atoms with E-state index in [-0.39, 0.29) is 11.9 Å². The number of hydrogen-bond donors (Lipinski definition) is 0. The van der Waals surface area contributed by atoms with Crippen LogP contribution in [0.1, 0.15) is 42.0 Å². The van der Waals surface area contributed by atoms with Crippen molar-refractivity contribution in [2.24, 2.45) is 0 Å². The van der Waals surface area contributed by atoms with Crippen LogP contribution >= 0.6 is 0 Å². The Bertz CT molecular complexity index is 841. The van der Waals surface area contributed by atoms with E-state index in [1.807, 2.05) is 58.9 Å². The topological polar surface area (TPSA) is 50.5 Å². The van der Waals surface area contributed by atoms with E-state index in [4.69, 9.17) is 0 Å². The molecule has 0 spiro atoms. The lowest BCUT2D eigenvalue weighted by Gasteiger charge is -2.28. The summed E-state index contributed by atoms with van der Waals surface area (Å²) in [6, 6.07) is 9.65. The summed E-state index contributed by atoms with van der Waals surface area (Å²) in [6.45, 7) is 6.61. The van der Waals surface area contributed by atoms with Crippen LogP contribution in [-0.2, 0) is 6.54 Å². The molecule has 0 aliphatic carbocycles. The second-order valence-electron chi connectivity index (χ2n) is 6.08. The lowest BCUT2D eigenvalue weighted by atomic mass is 10.1. The fourth-order valence-corrected chi connectivity index (χ4v) is 2.73. The van der Waals surface area contributed by atoms with E-state index in [0.717, 1.165) is 23.5 Å². The van der Waals surface area contributed by atoms with Gasteiger partial charge in [-0.15, -0.1) is 0 Å². The predicted octanol–water partition coefficient (Wildman–Crippen LogP) is 3.48. The summed E-state index contributed by atoms with van der Waals surface area (Å²) in [7, 11) is 0. The monoisotopic (exact) mass is 322 g/mol. The first kappa shape index (κ1) is 16.2. The third kappa shape index (κ3) is 3.30. The van der Waals surface area contributed by atoms with Crippen LogP contribution in [0.4, 0.5) is 0 Å². The van der Waals surface area contributed by atoms with Gasteiger partial charge in [0.2, 0.25) is 0 Å². The molecule has 5 heteroatoms. The van der Waals surface area contributed by atoms with Crippen molar-refractivity contribution >= 4 is 11.6 Å². The van der Waals surface area contributed by atoms with Crippen LogP contribution in [0.15, 0.2) is 48.9 Å². The highest BCUT2D eigenvalue weighted by molar-refractivity contribution is 5.94. The largest absolute Gasteiger partial charge is 0.330 e. The maximum Gasteiger partial charge on any atom is 0.255 e. The normalized spacial score (nSPS) is 12.3. The molecule has 3 aromatic rings. The predicted molar refractivity (Wildman–Crippen MR) is 93.8 cm³/mol. The van der Waals surface area contributed by atoms with Gasteiger partial charge in [0.25, 0.3) is 5.91 Å². The quantitative estimate of drug-likeness (QED) is 0.722. The zero-order chi connectivity index (χ0) is 17.1. The summed E-state index contributed by atoms with van der Waals surface area (Å²) in [4.78, 5) is 23.7. The van der Waals surface area contributed by atoms with Gasteiger partial charge >= 0.3 is 0 Å². The summed E-state index contributed by atoms with van der Waals surface area (Å²) >= 11 is 0. The van der Waals surface area contributed by atoms with Gasteiger partial charge in [0.1, 0.15) is 5.65 Å². The molecule has 0 saturated carbocycles. The molecule has 0 unspecified atom stereocenters. The molecule has 3 rings (SSSR count). The van der Waals surface area contributed by atoms with Crippen LogP contribution in [0.25, 0.3) is 5.65 Å². The molecule has 0 saturated heterocycles. The molecule has 1 amide bonds. The van der Waals surface area contributed by atoms with Crippen molar-refractivity contribution in [3.8, 4) is 0 Å². The van der Waals surface area contributed by atoms with Gasteiger partial charge in [0.05, 0.1) is 23.5 Å². The zero-order valence-corrected chi connectivity index (χ0v) is 14.3. The minimum absolute atomic E-state index is 0.0169. The van der Waals surface area contributed by atoms with E-state index in [0.29, 0.717) is 12.1 Å². The minimum Gasteiger partial charge on any atom is -0.330 e. The summed E-state index contributed by atoms with van der Waals surface area (Å²) in [5.74, 6) is 0.0169. The Morgan fingerprint density at radius 2 is 2.08 bits per heavy atom. The van der Waals surface area contributed by atoms with Gasteiger partial charge in [-0.3, -0.25) is 9.78 Å². The average molecular weight is 322 g/mol. The first-order valence-electron chi connectivity index (χ1n) is 8.24. The molecule has 124 valence electrons. The minimum atomic E-state index is 0.0169. The molecule has 0 bridgehead atoms. The second kappa shape index (κ2) is 6.83. The molecule has 1 atom stereocenters. The fraction of sp³-hybridized carbons (Fsp3) is 0.316. The van der Waals surface area contributed by atoms with Crippen LogP contribution < -0.4 is 0 Å². The van der Waals surface area contributed by atoms with Gasteiger partial charge in [0, 0.05) is 24.6 Å². The molecule has 0 fully saturated rings. The fourth-order valence-electron chi connectivity index (χ4n) is 2.73. The van der Waals surface area contributed by atoms with Crippen molar-refractivity contribution in [2.75, 3.05) is 0 Å². The highest BCUT2D eigenvalue weighted by Gasteiger charge is 2.21. The molecule has 0 aliphatic rings. The van der Waals surface area contributed by atoms with Crippen LogP contribution in [0.5, 0.6) is 0 Å². The van der Waals surface area contributed by atoms with Gasteiger partial charge in [-0.1, -0.05) is 13.0 Å². The summed E-state index contributed by atoms with van der Waals surface area (Å²) in [6.07, 6.45) is 6.43. The van der Waals surface area contributed by atoms with Crippen molar-refractivity contribution < 1.29 is 4.79 Å². The van der Waals surface area contributed by atoms with Gasteiger partial charge < -0.3 is 9.30 Å². The number of pyridine rings is 2. The lowest BCUT2D eigenvalue weighted by Crippen LogP contribution is -2.38. The van der Waals surface area contributed by atoms with E-state index in [1.54, 1.807) is 6.20 Å². The van der Waals surface area contributed by atoms with Crippen LogP contribution in [0.2, 0.25) is 0 Å². The number of carbonyl (C=O) groups excluding carboxylic acids is 1. The number of carbonyl (C=O) groups is 1. The van der Waals surface area contributed by atoms with E-state index in [2.05, 4.69) is 23.8 Å². The maximum atomic E-state index is 13.1. The molecule has 24 heavy (non-hydrogen) atoms. The number of nitrogens with zero attached hydrogens (tertiary/aromatic N) is 4. The van der Waals surface area contributed by atoms with E-state index in [1.165, 1.54) is 0 Å². The van der Waals surface area contributed by atoms with Gasteiger partial charge in [-0.25, -0.2) is 4.98 Å². The van der Waals surface area contributed by atoms with Crippen LogP contribution in [0.3, 0.4) is 0 Å². The molecule has 5 nitrogen and oxygen atoms in total. The molecule has 0 radical (unpaired) electrons. The number of amides is 1. The Balaban J connectivity index is 1.91. The van der Waals surface area contributed by atoms with E-state index < -0.39 is 0 Å². The van der Waals surface area contributed by atoms with Crippen molar-refractivity contribution in [1.82, 2.24) is 19.3 Å². The summed E-state index contributed by atoms with van der Waals surface area (Å²) in [5.41, 5.74) is 3.34. The van der Waals surface area contributed by atoms with Crippen LogP contribution in [-0.4, -0.2) is 31.2 Å². The van der Waals surface area contributed by atoms with Crippen molar-refractivity contribution in [1.29, 1.82) is 0 Å². The second-order valence-corrected chi connectivity index (χ2v) is 6.08. The lowest BCUT2D eigenvalue weighted by molar-refractivity contribution is 0.0668. The summed E-state index contributed by atoms with van der Waals surface area (Å²) in [5, 5.41) is 0. The van der Waals surface area contributed by atoms with Crippen molar-refractivity contribution in [2.45, 2.75) is 39.8 Å². The third-order valence-electron chi connectivity index (χ3n) is 4.26. The standard InChI is InChI=1S/C19H22N4O/c1-4-15(3)23(13-17-7-5-6-10-20-17)19(24)16-8-9-18-21-14(2)11-22(18)12-16/h5-12,15H,4,13H2,1-3H3/t15-/m1/s1. The molecule has 3 heterocycles. The van der Waals surface area contributed by atoms with E-state index >= 15 is 0 Å². The first-order chi connectivity index (χ1) is 11.6. The molecule has 0 aromatic carbocycles. The van der Waals surface area contributed by atoms with Crippen LogP contribution in [0, 0.1) is 6.92 Å². The molecule has 0 aliphatic heterocycles. The van der Waals surface area contributed by atoms with Gasteiger partial charge in [-0.2, -0.15) is 0 Å². The van der Waals surface area contributed by atoms with Gasteiger partial charge in [0.15, 0.2) is 0 Å². The molecular weight excluding hydrogens is 300 g/mol. The number of aromatic nitrogens is 3. The number of rotatable bonds is 5. The van der Waals surface area contributed by atoms with Gasteiger partial charge in [-0.05, 0) is 44.5 Å². The SMILES string of the molecule is CC[C@@H](C)N(Cc1ccccn1)C(=O)c1ccc2nc(C)cn2c1. The smallest absolute Gasteiger partial charge is 0.255 e. The number of aryl methyl sites for hydroxylation is 1. The Morgan fingerprint density at radius 3 is 2.79 bits per heavy atom. The Labute approximate surface area is 142 Å². The number of fused-ring (bicyclic) bond motifs is 1. The molecule has 0 N–H and O–H groups in total. The van der Waals surface area contributed by atoms with Crippen molar-refractivity contribution in [3.63, 3.8) is 0 Å². The Hall–Kier alpha value is -2.69. The Morgan fingerprint density at radius 1 is 1.25 bits per heavy atom. The highest BCUT2D eigenvalue weighted by atomic mass is 16.2. The number of imidazole rings is 1. The highest BCUT2D eigenvalue weighted by Crippen LogP contribution is 2.15. The number of hydrogen-bond acceptors (Lipinski definition) is 3. The zero-order valence-electron chi connectivity index (χ0n) is 14.3. The molecular formula is C19H22N4O. The third-order valence-corrected chi connectivity index (χ3v) is 4.26. The van der Waals surface area contributed by atoms with Crippen molar-refractivity contribution in [3.05, 3.63) is 65.9 Å². The Kier molecular flexibility index (Phi) is 4.60. The average Bonchev–Trinajstić information content (AvgIpc) is 2.98. The first-order valence-corrected chi connectivity index (χ1v) is 8.24. The summed E-state index contributed by atoms with van der Waals surface area (Å²) < 4.78 is 1.90. The van der Waals surface area contributed by atoms with E-state index in [9.17, 15) is 4.79 Å². The molecule has 3 aromatic heterocycles.